The first kappa shape index (κ1) is 20.2. The molecule has 0 bridgehead atoms. The summed E-state index contributed by atoms with van der Waals surface area (Å²) in [5, 5.41) is 3.70. The van der Waals surface area contributed by atoms with Gasteiger partial charge in [0.1, 0.15) is 5.75 Å². The molecule has 0 saturated carbocycles. The quantitative estimate of drug-likeness (QED) is 0.774. The number of ether oxygens (including phenoxy) is 1. The van der Waals surface area contributed by atoms with E-state index in [0.717, 1.165) is 16.9 Å². The molecule has 0 aliphatic carbocycles. The molecule has 1 aliphatic rings. The number of likely N-dealkylation sites (tertiary alicyclic amines) is 1. The van der Waals surface area contributed by atoms with E-state index in [9.17, 15) is 9.59 Å². The minimum atomic E-state index is -0.196. The van der Waals surface area contributed by atoms with E-state index in [1.54, 1.807) is 12.0 Å². The molecule has 1 heterocycles. The molecule has 28 heavy (non-hydrogen) atoms. The Balaban J connectivity index is 1.55. The minimum absolute atomic E-state index is 0.00965. The predicted molar refractivity (Wildman–Crippen MR) is 109 cm³/mol. The molecule has 1 saturated heterocycles. The molecule has 148 valence electrons. The maximum Gasteiger partial charge on any atom is 0.224 e. The molecule has 6 heteroatoms. The molecular weight excluding hydrogens is 376 g/mol. The lowest BCUT2D eigenvalue weighted by atomic mass is 9.96. The summed E-state index contributed by atoms with van der Waals surface area (Å²) in [5.41, 5.74) is 1.96. The van der Waals surface area contributed by atoms with Gasteiger partial charge in [-0.2, -0.15) is 0 Å². The van der Waals surface area contributed by atoms with Gasteiger partial charge in [-0.3, -0.25) is 9.59 Å². The van der Waals surface area contributed by atoms with Crippen LogP contribution in [0.4, 0.5) is 0 Å². The highest BCUT2D eigenvalue weighted by Gasteiger charge is 2.30. The van der Waals surface area contributed by atoms with E-state index >= 15 is 0 Å². The van der Waals surface area contributed by atoms with E-state index in [1.165, 1.54) is 0 Å². The maximum atomic E-state index is 12.6. The molecule has 0 unspecified atom stereocenters. The predicted octanol–water partition coefficient (Wildman–Crippen LogP) is 3.45. The van der Waals surface area contributed by atoms with E-state index in [1.807, 2.05) is 48.5 Å². The van der Waals surface area contributed by atoms with E-state index in [2.05, 4.69) is 5.32 Å². The van der Waals surface area contributed by atoms with Crippen LogP contribution < -0.4 is 10.1 Å². The van der Waals surface area contributed by atoms with Gasteiger partial charge < -0.3 is 15.0 Å². The van der Waals surface area contributed by atoms with Crippen molar-refractivity contribution < 1.29 is 14.3 Å². The molecular formula is C22H25ClN2O3. The van der Waals surface area contributed by atoms with Gasteiger partial charge in [-0.1, -0.05) is 48.0 Å². The molecule has 0 aromatic heterocycles. The van der Waals surface area contributed by atoms with Crippen molar-refractivity contribution in [2.24, 2.45) is 5.92 Å². The Morgan fingerprint density at radius 3 is 2.64 bits per heavy atom. The number of carbonyl (C=O) groups excluding carboxylic acids is 2. The van der Waals surface area contributed by atoms with Gasteiger partial charge in [0.25, 0.3) is 0 Å². The fourth-order valence-electron chi connectivity index (χ4n) is 3.49. The summed E-state index contributed by atoms with van der Waals surface area (Å²) in [6.45, 7) is 1.40. The highest BCUT2D eigenvalue weighted by Crippen LogP contribution is 2.24. The summed E-state index contributed by atoms with van der Waals surface area (Å²) < 4.78 is 5.37. The van der Waals surface area contributed by atoms with E-state index in [0.29, 0.717) is 43.9 Å². The summed E-state index contributed by atoms with van der Waals surface area (Å²) >= 11 is 6.16. The van der Waals surface area contributed by atoms with Crippen molar-refractivity contribution in [1.29, 1.82) is 0 Å². The van der Waals surface area contributed by atoms with E-state index in [4.69, 9.17) is 16.3 Å². The second-order valence-corrected chi connectivity index (χ2v) is 7.36. The summed E-state index contributed by atoms with van der Waals surface area (Å²) in [6.07, 6.45) is 1.65. The third-order valence-electron chi connectivity index (χ3n) is 5.08. The second kappa shape index (κ2) is 9.60. The average molecular weight is 401 g/mol. The van der Waals surface area contributed by atoms with Crippen LogP contribution in [0.3, 0.4) is 0 Å². The van der Waals surface area contributed by atoms with Crippen LogP contribution in [-0.2, 0) is 22.6 Å². The van der Waals surface area contributed by atoms with Crippen molar-refractivity contribution >= 4 is 23.4 Å². The van der Waals surface area contributed by atoms with Gasteiger partial charge in [-0.05, 0) is 30.5 Å². The van der Waals surface area contributed by atoms with Crippen molar-refractivity contribution in [1.82, 2.24) is 10.2 Å². The molecule has 2 amide bonds. The molecule has 3 rings (SSSR count). The van der Waals surface area contributed by atoms with Crippen LogP contribution >= 0.6 is 11.6 Å². The van der Waals surface area contributed by atoms with Gasteiger partial charge >= 0.3 is 0 Å². The van der Waals surface area contributed by atoms with Gasteiger partial charge in [0.05, 0.1) is 13.0 Å². The zero-order chi connectivity index (χ0) is 19.9. The number of piperidine rings is 1. The van der Waals surface area contributed by atoms with E-state index < -0.39 is 0 Å². The van der Waals surface area contributed by atoms with Crippen LogP contribution in [0.2, 0.25) is 5.02 Å². The lowest BCUT2D eigenvalue weighted by molar-refractivity contribution is -0.138. The van der Waals surface area contributed by atoms with Gasteiger partial charge in [-0.15, -0.1) is 0 Å². The molecule has 0 spiro atoms. The molecule has 1 N–H and O–H groups in total. The lowest BCUT2D eigenvalue weighted by Gasteiger charge is -2.32. The molecule has 5 nitrogen and oxygen atoms in total. The van der Waals surface area contributed by atoms with Crippen LogP contribution in [0.25, 0.3) is 0 Å². The molecule has 1 fully saturated rings. The van der Waals surface area contributed by atoms with Crippen LogP contribution in [0, 0.1) is 5.92 Å². The summed E-state index contributed by atoms with van der Waals surface area (Å²) in [4.78, 5) is 26.7. The number of benzene rings is 2. The fraction of sp³-hybridized carbons (Fsp3) is 0.364. The van der Waals surface area contributed by atoms with Gasteiger partial charge in [-0.25, -0.2) is 0 Å². The van der Waals surface area contributed by atoms with E-state index in [-0.39, 0.29) is 17.7 Å². The Bertz CT molecular complexity index is 840. The number of para-hydroxylation sites is 1. The maximum absolute atomic E-state index is 12.6. The number of nitrogens with zero attached hydrogens (tertiary/aromatic N) is 1. The van der Waals surface area contributed by atoms with Crippen LogP contribution in [-0.4, -0.2) is 36.9 Å². The van der Waals surface area contributed by atoms with Crippen LogP contribution in [0.1, 0.15) is 24.0 Å². The summed E-state index contributed by atoms with van der Waals surface area (Å²) in [5.74, 6) is 0.621. The smallest absolute Gasteiger partial charge is 0.224 e. The largest absolute Gasteiger partial charge is 0.496 e. The van der Waals surface area contributed by atoms with Gasteiger partial charge in [0.2, 0.25) is 11.8 Å². The molecule has 2 aromatic carbocycles. The number of carbonyl (C=O) groups is 2. The Hall–Kier alpha value is -2.53. The van der Waals surface area contributed by atoms with Crippen molar-refractivity contribution in [3.8, 4) is 5.75 Å². The minimum Gasteiger partial charge on any atom is -0.496 e. The van der Waals surface area contributed by atoms with Crippen LogP contribution in [0.15, 0.2) is 48.5 Å². The standard InChI is InChI=1S/C22H25ClN2O3/c1-28-20-9-5-3-7-17(20)14-25-15-18(10-11-21(25)26)22(27)24-13-12-16-6-2-4-8-19(16)23/h2-9,18H,10-15H2,1H3,(H,24,27)/t18-/m1/s1. The summed E-state index contributed by atoms with van der Waals surface area (Å²) in [7, 11) is 1.62. The van der Waals surface area contributed by atoms with Crippen molar-refractivity contribution in [3.05, 3.63) is 64.7 Å². The summed E-state index contributed by atoms with van der Waals surface area (Å²) in [6, 6.07) is 15.3. The van der Waals surface area contributed by atoms with Gasteiger partial charge in [0.15, 0.2) is 0 Å². The monoisotopic (exact) mass is 400 g/mol. The average Bonchev–Trinajstić information content (AvgIpc) is 2.71. The number of hydrogen-bond donors (Lipinski definition) is 1. The molecule has 1 atom stereocenters. The first-order valence-corrected chi connectivity index (χ1v) is 9.87. The van der Waals surface area contributed by atoms with Crippen molar-refractivity contribution in [2.45, 2.75) is 25.8 Å². The Morgan fingerprint density at radius 1 is 1.18 bits per heavy atom. The number of methoxy groups -OCH3 is 1. The molecule has 2 aromatic rings. The third kappa shape index (κ3) is 5.04. The first-order valence-electron chi connectivity index (χ1n) is 9.49. The molecule has 0 radical (unpaired) electrons. The Kier molecular flexibility index (Phi) is 6.93. The Labute approximate surface area is 170 Å². The third-order valence-corrected chi connectivity index (χ3v) is 5.44. The number of nitrogens with one attached hydrogen (secondary N) is 1. The normalized spacial score (nSPS) is 16.7. The van der Waals surface area contributed by atoms with Crippen molar-refractivity contribution in [2.75, 3.05) is 20.2 Å². The number of amides is 2. The number of halogens is 1. The number of hydrogen-bond acceptors (Lipinski definition) is 3. The van der Waals surface area contributed by atoms with Gasteiger partial charge in [0, 0.05) is 36.6 Å². The van der Waals surface area contributed by atoms with Crippen molar-refractivity contribution in [3.63, 3.8) is 0 Å². The first-order chi connectivity index (χ1) is 13.6. The lowest BCUT2D eigenvalue weighted by Crippen LogP contribution is -2.45. The highest BCUT2D eigenvalue weighted by molar-refractivity contribution is 6.31. The van der Waals surface area contributed by atoms with Crippen LogP contribution in [0.5, 0.6) is 5.75 Å². The number of rotatable bonds is 7. The zero-order valence-corrected chi connectivity index (χ0v) is 16.7. The Morgan fingerprint density at radius 2 is 1.89 bits per heavy atom. The SMILES string of the molecule is COc1ccccc1CN1C[C@H](C(=O)NCCc2ccccc2Cl)CCC1=O. The highest BCUT2D eigenvalue weighted by atomic mass is 35.5. The second-order valence-electron chi connectivity index (χ2n) is 6.95. The fourth-order valence-corrected chi connectivity index (χ4v) is 3.72. The topological polar surface area (TPSA) is 58.6 Å². The zero-order valence-electron chi connectivity index (χ0n) is 16.0. The molecule has 1 aliphatic heterocycles.